The highest BCUT2D eigenvalue weighted by Crippen LogP contribution is 2.74. The van der Waals surface area contributed by atoms with Gasteiger partial charge in [0.05, 0.1) is 18.8 Å². The molecule has 2 bridgehead atoms. The highest BCUT2D eigenvalue weighted by atomic mass is 31.2. The molecule has 1 aliphatic heterocycles. The van der Waals surface area contributed by atoms with Crippen molar-refractivity contribution < 1.29 is 9.05 Å². The molecule has 24 heavy (non-hydrogen) atoms. The van der Waals surface area contributed by atoms with Crippen LogP contribution in [0.25, 0.3) is 0 Å². The lowest BCUT2D eigenvalue weighted by molar-refractivity contribution is 0.0359. The third-order valence-electron chi connectivity index (χ3n) is 7.10. The second kappa shape index (κ2) is 5.43. The first-order chi connectivity index (χ1) is 11.3. The summed E-state index contributed by atoms with van der Waals surface area (Å²) in [6.07, 6.45) is 2.89. The Morgan fingerprint density at radius 1 is 1.21 bits per heavy atom. The lowest BCUT2D eigenvalue weighted by atomic mass is 9.70. The molecule has 0 N–H and O–H groups in total. The largest absolute Gasteiger partial charge is 0.318 e. The summed E-state index contributed by atoms with van der Waals surface area (Å²) in [4.78, 5) is 0. The molecule has 1 saturated heterocycles. The Bertz CT molecular complexity index is 641. The minimum atomic E-state index is -0.996. The fraction of sp³-hybridized carbons (Fsp3) is 0.700. The average molecular weight is 347 g/mol. The van der Waals surface area contributed by atoms with Crippen molar-refractivity contribution in [3.63, 3.8) is 0 Å². The van der Waals surface area contributed by atoms with E-state index in [2.05, 4.69) is 64.4 Å². The Labute approximate surface area is 147 Å². The molecule has 2 saturated carbocycles. The molecule has 0 amide bonds. The van der Waals surface area contributed by atoms with E-state index < -0.39 is 8.53 Å². The maximum Gasteiger partial charge on any atom is 0.290 e. The van der Waals surface area contributed by atoms with Crippen LogP contribution in [0.4, 0.5) is 5.69 Å². The van der Waals surface area contributed by atoms with Gasteiger partial charge >= 0.3 is 0 Å². The maximum atomic E-state index is 6.61. The maximum absolute atomic E-state index is 6.61. The zero-order valence-electron chi connectivity index (χ0n) is 15.8. The monoisotopic (exact) mass is 347 g/mol. The molecule has 0 unspecified atom stereocenters. The lowest BCUT2D eigenvalue weighted by Crippen LogP contribution is -2.41. The molecule has 3 aliphatic rings. The molecule has 5 atom stereocenters. The van der Waals surface area contributed by atoms with E-state index in [4.69, 9.17) is 9.05 Å². The second-order valence-electron chi connectivity index (χ2n) is 8.65. The zero-order chi connectivity index (χ0) is 17.3. The number of anilines is 1. The molecule has 1 aromatic rings. The molecule has 1 aromatic carbocycles. The van der Waals surface area contributed by atoms with E-state index >= 15 is 0 Å². The van der Waals surface area contributed by atoms with E-state index in [1.54, 1.807) is 0 Å². The van der Waals surface area contributed by atoms with E-state index in [1.807, 2.05) is 0 Å². The highest BCUT2D eigenvalue weighted by molar-refractivity contribution is 7.49. The Hall–Kier alpha value is -0.630. The fourth-order valence-corrected chi connectivity index (χ4v) is 7.41. The van der Waals surface area contributed by atoms with Gasteiger partial charge in [-0.2, -0.15) is 0 Å². The number of benzene rings is 1. The van der Waals surface area contributed by atoms with E-state index in [0.29, 0.717) is 30.1 Å². The van der Waals surface area contributed by atoms with Crippen LogP contribution in [0.15, 0.2) is 18.2 Å². The topological polar surface area (TPSA) is 21.7 Å². The zero-order valence-corrected chi connectivity index (χ0v) is 16.7. The number of hydrogen-bond acceptors (Lipinski definition) is 3. The van der Waals surface area contributed by atoms with Crippen molar-refractivity contribution in [2.75, 3.05) is 11.3 Å². The summed E-state index contributed by atoms with van der Waals surface area (Å²) in [6, 6.07) is 7.30. The summed E-state index contributed by atoms with van der Waals surface area (Å²) in [7, 11) is -0.996. The van der Waals surface area contributed by atoms with Crippen LogP contribution < -0.4 is 4.67 Å². The van der Waals surface area contributed by atoms with E-state index in [0.717, 1.165) is 0 Å². The normalized spacial score (nSPS) is 39.5. The Balaban J connectivity index is 1.79. The van der Waals surface area contributed by atoms with E-state index in [-0.39, 0.29) is 5.41 Å². The van der Waals surface area contributed by atoms with Crippen LogP contribution in [0.1, 0.15) is 51.7 Å². The van der Waals surface area contributed by atoms with Crippen LogP contribution in [-0.2, 0) is 9.05 Å². The molecule has 3 fully saturated rings. The third-order valence-corrected chi connectivity index (χ3v) is 8.83. The third kappa shape index (κ3) is 2.08. The number of aryl methyl sites for hydroxylation is 2. The number of hydrogen-bond donors (Lipinski definition) is 0. The van der Waals surface area contributed by atoms with Crippen LogP contribution in [0.2, 0.25) is 0 Å². The molecule has 4 rings (SSSR count). The van der Waals surface area contributed by atoms with Gasteiger partial charge in [-0.3, -0.25) is 0 Å². The molecule has 0 radical (unpaired) electrons. The molecule has 2 aliphatic carbocycles. The molecule has 3 nitrogen and oxygen atoms in total. The van der Waals surface area contributed by atoms with E-state index in [1.165, 1.54) is 29.7 Å². The summed E-state index contributed by atoms with van der Waals surface area (Å²) in [5.74, 6) is 0.682. The van der Waals surface area contributed by atoms with Crippen molar-refractivity contribution in [1.82, 2.24) is 0 Å². The summed E-state index contributed by atoms with van der Waals surface area (Å²) in [5, 5.41) is 0. The van der Waals surface area contributed by atoms with Crippen molar-refractivity contribution in [2.24, 2.45) is 16.7 Å². The van der Waals surface area contributed by atoms with Crippen molar-refractivity contribution >= 4 is 14.2 Å². The first-order valence-corrected chi connectivity index (χ1v) is 10.4. The van der Waals surface area contributed by atoms with Crippen molar-refractivity contribution in [3.05, 3.63) is 29.3 Å². The summed E-state index contributed by atoms with van der Waals surface area (Å²) >= 11 is 0. The molecule has 0 spiro atoms. The first kappa shape index (κ1) is 16.8. The standard InChI is InChI=1S/C20H30NO2P/c1-7-22-24-21(15-11-13(2)10-14(3)12-15)17-16-8-9-20(6,18(17)23-24)19(16,4)5/h10-12,16-18H,7-9H2,1-6H3/t16-,17+,18+,20+,24-/m1/s1. The van der Waals surface area contributed by atoms with Crippen LogP contribution in [0.3, 0.4) is 0 Å². The van der Waals surface area contributed by atoms with Gasteiger partial charge in [0, 0.05) is 11.1 Å². The molecule has 4 heteroatoms. The Kier molecular flexibility index (Phi) is 3.81. The van der Waals surface area contributed by atoms with Gasteiger partial charge < -0.3 is 13.7 Å². The minimum Gasteiger partial charge on any atom is -0.318 e. The molecular formula is C20H30NO2P. The number of rotatable bonds is 3. The van der Waals surface area contributed by atoms with Crippen LogP contribution in [0.5, 0.6) is 0 Å². The predicted molar refractivity (Wildman–Crippen MR) is 100 cm³/mol. The van der Waals surface area contributed by atoms with Crippen molar-refractivity contribution in [1.29, 1.82) is 0 Å². The van der Waals surface area contributed by atoms with Crippen LogP contribution >= 0.6 is 8.53 Å². The Morgan fingerprint density at radius 2 is 1.88 bits per heavy atom. The molecule has 132 valence electrons. The van der Waals surface area contributed by atoms with Crippen molar-refractivity contribution in [3.8, 4) is 0 Å². The Morgan fingerprint density at radius 3 is 2.50 bits per heavy atom. The molecule has 1 heterocycles. The average Bonchev–Trinajstić information content (AvgIpc) is 3.01. The number of fused-ring (bicyclic) bond motifs is 5. The van der Waals surface area contributed by atoms with Gasteiger partial charge in [-0.25, -0.2) is 0 Å². The number of nitrogens with zero attached hydrogens (tertiary/aromatic N) is 1. The van der Waals surface area contributed by atoms with Gasteiger partial charge in [0.15, 0.2) is 0 Å². The quantitative estimate of drug-likeness (QED) is 0.665. The molecular weight excluding hydrogens is 317 g/mol. The van der Waals surface area contributed by atoms with Gasteiger partial charge in [0.2, 0.25) is 0 Å². The van der Waals surface area contributed by atoms with E-state index in [9.17, 15) is 0 Å². The lowest BCUT2D eigenvalue weighted by Gasteiger charge is -2.38. The summed E-state index contributed by atoms with van der Waals surface area (Å²) in [5.41, 5.74) is 4.49. The highest BCUT2D eigenvalue weighted by Gasteiger charge is 2.72. The minimum absolute atomic E-state index is 0.258. The van der Waals surface area contributed by atoms with Gasteiger partial charge in [0.25, 0.3) is 8.53 Å². The van der Waals surface area contributed by atoms with Gasteiger partial charge in [-0.15, -0.1) is 0 Å². The van der Waals surface area contributed by atoms with Crippen molar-refractivity contribution in [2.45, 2.75) is 66.5 Å². The second-order valence-corrected chi connectivity index (χ2v) is 10.0. The van der Waals surface area contributed by atoms with Crippen LogP contribution in [0, 0.1) is 30.6 Å². The van der Waals surface area contributed by atoms with Gasteiger partial charge in [-0.1, -0.05) is 26.8 Å². The predicted octanol–water partition coefficient (Wildman–Crippen LogP) is 5.60. The van der Waals surface area contributed by atoms with Gasteiger partial charge in [0.1, 0.15) is 0 Å². The fourth-order valence-electron chi connectivity index (χ4n) is 5.54. The summed E-state index contributed by atoms with van der Waals surface area (Å²) < 4.78 is 15.2. The SMILES string of the molecule is CCO[P@]1O[C@H]2[C@H]([C@H]3CC[C@]2(C)C3(C)C)N1c1cc(C)cc(C)c1. The van der Waals surface area contributed by atoms with Crippen LogP contribution in [-0.4, -0.2) is 18.8 Å². The molecule has 0 aromatic heterocycles. The summed E-state index contributed by atoms with van der Waals surface area (Å²) in [6.45, 7) is 14.5. The first-order valence-electron chi connectivity index (χ1n) is 9.27. The van der Waals surface area contributed by atoms with Gasteiger partial charge in [-0.05, 0) is 68.2 Å². The smallest absolute Gasteiger partial charge is 0.290 e.